The van der Waals surface area contributed by atoms with Crippen LogP contribution in [0.15, 0.2) is 28.7 Å². The van der Waals surface area contributed by atoms with Gasteiger partial charge in [-0.1, -0.05) is 11.6 Å². The van der Waals surface area contributed by atoms with Gasteiger partial charge in [0.1, 0.15) is 5.75 Å². The number of hydrogen-bond donors (Lipinski definition) is 0. The van der Waals surface area contributed by atoms with Gasteiger partial charge in [0.15, 0.2) is 11.5 Å². The molecule has 0 fully saturated rings. The van der Waals surface area contributed by atoms with E-state index in [-0.39, 0.29) is 5.56 Å². The van der Waals surface area contributed by atoms with Crippen LogP contribution in [-0.4, -0.2) is 27.3 Å². The van der Waals surface area contributed by atoms with E-state index in [0.717, 1.165) is 5.56 Å². The van der Waals surface area contributed by atoms with Crippen LogP contribution in [0.2, 0.25) is 5.02 Å². The number of ether oxygens (including phenoxy) is 4. The van der Waals surface area contributed by atoms with Crippen molar-refractivity contribution in [2.45, 2.75) is 6.92 Å². The number of benzene rings is 2. The van der Waals surface area contributed by atoms with Gasteiger partial charge in [0.05, 0.1) is 31.4 Å². The van der Waals surface area contributed by atoms with Gasteiger partial charge in [-0.25, -0.2) is 4.79 Å². The van der Waals surface area contributed by atoms with Crippen LogP contribution in [0.5, 0.6) is 23.0 Å². The summed E-state index contributed by atoms with van der Waals surface area (Å²) in [4.78, 5) is 12.6. The first kappa shape index (κ1) is 18.4. The highest BCUT2D eigenvalue weighted by atomic mass is 79.9. The van der Waals surface area contributed by atoms with Crippen LogP contribution in [0.1, 0.15) is 15.9 Å². The van der Waals surface area contributed by atoms with Gasteiger partial charge in [0.2, 0.25) is 5.75 Å². The maximum Gasteiger partial charge on any atom is 0.344 e. The molecule has 0 aliphatic rings. The number of aryl methyl sites for hydroxylation is 1. The molecule has 128 valence electrons. The normalized spacial score (nSPS) is 10.2. The third-order valence-corrected chi connectivity index (χ3v) is 4.35. The lowest BCUT2D eigenvalue weighted by atomic mass is 10.1. The molecule has 24 heavy (non-hydrogen) atoms. The van der Waals surface area contributed by atoms with E-state index in [1.807, 2.05) is 0 Å². The van der Waals surface area contributed by atoms with Crippen molar-refractivity contribution < 1.29 is 23.7 Å². The fourth-order valence-electron chi connectivity index (χ4n) is 2.15. The lowest BCUT2D eigenvalue weighted by Crippen LogP contribution is -2.11. The van der Waals surface area contributed by atoms with E-state index >= 15 is 0 Å². The summed E-state index contributed by atoms with van der Waals surface area (Å²) < 4.78 is 21.7. The molecule has 0 spiro atoms. The SMILES string of the molecule is COc1cc(C(=O)Oc2ccc(Cl)cc2C)c(Br)c(OC)c1OC. The summed E-state index contributed by atoms with van der Waals surface area (Å²) in [5.41, 5.74) is 0.998. The molecule has 0 radical (unpaired) electrons. The Morgan fingerprint density at radius 1 is 1.00 bits per heavy atom. The molecule has 0 saturated heterocycles. The van der Waals surface area contributed by atoms with E-state index in [1.165, 1.54) is 27.4 Å². The Hall–Kier alpha value is -1.92. The average Bonchev–Trinajstić information content (AvgIpc) is 2.56. The molecule has 0 aromatic heterocycles. The zero-order valence-electron chi connectivity index (χ0n) is 13.6. The number of carbonyl (C=O) groups excluding carboxylic acids is 1. The lowest BCUT2D eigenvalue weighted by molar-refractivity contribution is 0.0731. The molecule has 0 atom stereocenters. The van der Waals surface area contributed by atoms with Crippen LogP contribution in [0.25, 0.3) is 0 Å². The Balaban J connectivity index is 2.45. The van der Waals surface area contributed by atoms with Crippen molar-refractivity contribution in [3.8, 4) is 23.0 Å². The van der Waals surface area contributed by atoms with Crippen molar-refractivity contribution in [1.82, 2.24) is 0 Å². The third-order valence-electron chi connectivity index (χ3n) is 3.33. The molecule has 0 heterocycles. The minimum absolute atomic E-state index is 0.249. The summed E-state index contributed by atoms with van der Waals surface area (Å²) in [6.45, 7) is 1.80. The standard InChI is InChI=1S/C17H16BrClO5/c1-9-7-10(19)5-6-12(9)24-17(20)11-8-13(21-2)15(22-3)16(23-4)14(11)18/h5-8H,1-4H3. The average molecular weight is 416 g/mol. The zero-order chi connectivity index (χ0) is 17.9. The Bertz CT molecular complexity index is 776. The van der Waals surface area contributed by atoms with Crippen molar-refractivity contribution in [2.75, 3.05) is 21.3 Å². The van der Waals surface area contributed by atoms with Crippen LogP contribution in [-0.2, 0) is 0 Å². The van der Waals surface area contributed by atoms with Crippen molar-refractivity contribution in [1.29, 1.82) is 0 Å². The molecule has 7 heteroatoms. The molecular formula is C17H16BrClO5. The minimum Gasteiger partial charge on any atom is -0.493 e. The van der Waals surface area contributed by atoms with Gasteiger partial charge in [0, 0.05) is 5.02 Å². The van der Waals surface area contributed by atoms with Crippen LogP contribution in [0.4, 0.5) is 0 Å². The second kappa shape index (κ2) is 7.77. The molecule has 2 aromatic carbocycles. The number of methoxy groups -OCH3 is 3. The molecule has 0 unspecified atom stereocenters. The fraction of sp³-hybridized carbons (Fsp3) is 0.235. The topological polar surface area (TPSA) is 54.0 Å². The van der Waals surface area contributed by atoms with Gasteiger partial charge >= 0.3 is 5.97 Å². The lowest BCUT2D eigenvalue weighted by Gasteiger charge is -2.16. The molecule has 0 amide bonds. The van der Waals surface area contributed by atoms with Crippen molar-refractivity contribution in [3.63, 3.8) is 0 Å². The van der Waals surface area contributed by atoms with Gasteiger partial charge in [-0.05, 0) is 52.7 Å². The highest BCUT2D eigenvalue weighted by molar-refractivity contribution is 9.10. The van der Waals surface area contributed by atoms with E-state index in [2.05, 4.69) is 15.9 Å². The highest BCUT2D eigenvalue weighted by Gasteiger charge is 2.24. The summed E-state index contributed by atoms with van der Waals surface area (Å²) in [7, 11) is 4.44. The molecule has 0 N–H and O–H groups in total. The van der Waals surface area contributed by atoms with Gasteiger partial charge in [-0.3, -0.25) is 0 Å². The maximum atomic E-state index is 12.6. The van der Waals surface area contributed by atoms with Crippen molar-refractivity contribution >= 4 is 33.5 Å². The second-order valence-corrected chi connectivity index (χ2v) is 6.04. The molecule has 0 aliphatic carbocycles. The van der Waals surface area contributed by atoms with Crippen molar-refractivity contribution in [2.24, 2.45) is 0 Å². The van der Waals surface area contributed by atoms with E-state index in [9.17, 15) is 4.79 Å². The maximum absolute atomic E-state index is 12.6. The smallest absolute Gasteiger partial charge is 0.344 e. The Labute approximate surface area is 153 Å². The molecule has 0 aliphatic heterocycles. The van der Waals surface area contributed by atoms with E-state index in [1.54, 1.807) is 25.1 Å². The molecular weight excluding hydrogens is 400 g/mol. The number of hydrogen-bond acceptors (Lipinski definition) is 5. The molecule has 0 bridgehead atoms. The van der Waals surface area contributed by atoms with E-state index < -0.39 is 5.97 Å². The van der Waals surface area contributed by atoms with Crippen LogP contribution in [0, 0.1) is 6.92 Å². The third kappa shape index (κ3) is 3.60. The summed E-state index contributed by atoms with van der Waals surface area (Å²) >= 11 is 9.27. The minimum atomic E-state index is -0.563. The first-order valence-electron chi connectivity index (χ1n) is 6.89. The zero-order valence-corrected chi connectivity index (χ0v) is 15.9. The molecule has 5 nitrogen and oxygen atoms in total. The summed E-state index contributed by atoms with van der Waals surface area (Å²) in [5.74, 6) is 0.941. The number of rotatable bonds is 5. The monoisotopic (exact) mass is 414 g/mol. The van der Waals surface area contributed by atoms with E-state index in [4.69, 9.17) is 30.5 Å². The van der Waals surface area contributed by atoms with Gasteiger partial charge in [-0.15, -0.1) is 0 Å². The molecule has 2 rings (SSSR count). The first-order chi connectivity index (χ1) is 11.4. The van der Waals surface area contributed by atoms with E-state index in [0.29, 0.717) is 32.5 Å². The Morgan fingerprint density at radius 3 is 2.21 bits per heavy atom. The van der Waals surface area contributed by atoms with Gasteiger partial charge in [0.25, 0.3) is 0 Å². The predicted molar refractivity (Wildman–Crippen MR) is 94.9 cm³/mol. The number of carbonyl (C=O) groups is 1. The highest BCUT2D eigenvalue weighted by Crippen LogP contribution is 2.45. The second-order valence-electron chi connectivity index (χ2n) is 4.81. The fourth-order valence-corrected chi connectivity index (χ4v) is 3.00. The largest absolute Gasteiger partial charge is 0.493 e. The number of halogens is 2. The quantitative estimate of drug-likeness (QED) is 0.525. The van der Waals surface area contributed by atoms with Crippen LogP contribution < -0.4 is 18.9 Å². The Morgan fingerprint density at radius 2 is 1.67 bits per heavy atom. The van der Waals surface area contributed by atoms with Crippen LogP contribution >= 0.6 is 27.5 Å². The molecule has 0 saturated carbocycles. The molecule has 2 aromatic rings. The summed E-state index contributed by atoms with van der Waals surface area (Å²) in [5, 5.41) is 0.571. The van der Waals surface area contributed by atoms with Gasteiger partial charge in [-0.2, -0.15) is 0 Å². The van der Waals surface area contributed by atoms with Gasteiger partial charge < -0.3 is 18.9 Å². The number of esters is 1. The Kier molecular flexibility index (Phi) is 5.96. The predicted octanol–water partition coefficient (Wildman–Crippen LogP) is 4.66. The summed E-state index contributed by atoms with van der Waals surface area (Å²) in [6, 6.07) is 6.54. The summed E-state index contributed by atoms with van der Waals surface area (Å²) in [6.07, 6.45) is 0. The van der Waals surface area contributed by atoms with Crippen LogP contribution in [0.3, 0.4) is 0 Å². The first-order valence-corrected chi connectivity index (χ1v) is 8.06. The van der Waals surface area contributed by atoms with Crippen molar-refractivity contribution in [3.05, 3.63) is 44.9 Å².